The average molecular weight is 357 g/mol. The number of Topliss-reactive ketones (excluding diaryl/α,β-unsaturated/α-hetero) is 1. The van der Waals surface area contributed by atoms with E-state index in [9.17, 15) is 14.0 Å². The molecule has 0 aliphatic carbocycles. The van der Waals surface area contributed by atoms with Crippen molar-refractivity contribution in [2.24, 2.45) is 5.92 Å². The van der Waals surface area contributed by atoms with Crippen LogP contribution < -0.4 is 5.32 Å². The number of carbonyl (C=O) groups excluding carboxylic acids is 2. The summed E-state index contributed by atoms with van der Waals surface area (Å²) in [5, 5.41) is 3.16. The van der Waals surface area contributed by atoms with Crippen LogP contribution in [0.1, 0.15) is 42.5 Å². The van der Waals surface area contributed by atoms with Crippen molar-refractivity contribution in [3.63, 3.8) is 0 Å². The number of ketones is 1. The Morgan fingerprint density at radius 3 is 2.38 bits per heavy atom. The van der Waals surface area contributed by atoms with Crippen molar-refractivity contribution in [3.8, 4) is 0 Å². The van der Waals surface area contributed by atoms with Crippen LogP contribution in [-0.4, -0.2) is 43.3 Å². The minimum Gasteiger partial charge on any atom is -0.343 e. The largest absolute Gasteiger partial charge is 0.343 e. The highest BCUT2D eigenvalue weighted by Gasteiger charge is 2.22. The number of hydrogen-bond acceptors (Lipinski definition) is 3. The Kier molecular flexibility index (Phi) is 8.93. The summed E-state index contributed by atoms with van der Waals surface area (Å²) in [4.78, 5) is 26.1. The Morgan fingerprint density at radius 1 is 1.17 bits per heavy atom. The number of carbonyl (C=O) groups is 2. The van der Waals surface area contributed by atoms with E-state index in [1.807, 2.05) is 11.9 Å². The second-order valence-corrected chi connectivity index (χ2v) is 6.15. The maximum Gasteiger partial charge on any atom is 0.223 e. The Labute approximate surface area is 149 Å². The van der Waals surface area contributed by atoms with Crippen molar-refractivity contribution < 1.29 is 14.0 Å². The van der Waals surface area contributed by atoms with Gasteiger partial charge in [0.25, 0.3) is 0 Å². The fourth-order valence-corrected chi connectivity index (χ4v) is 2.98. The summed E-state index contributed by atoms with van der Waals surface area (Å²) in [6.45, 7) is 2.60. The molecular weight excluding hydrogens is 331 g/mol. The molecule has 0 spiro atoms. The number of halogens is 2. The monoisotopic (exact) mass is 356 g/mol. The highest BCUT2D eigenvalue weighted by atomic mass is 35.5. The first-order chi connectivity index (χ1) is 11.1. The summed E-state index contributed by atoms with van der Waals surface area (Å²) in [6, 6.07) is 5.47. The lowest BCUT2D eigenvalue weighted by Crippen LogP contribution is -2.39. The van der Waals surface area contributed by atoms with Crippen LogP contribution >= 0.6 is 12.4 Å². The summed E-state index contributed by atoms with van der Waals surface area (Å²) in [5.74, 6) is 0.265. The number of benzene rings is 1. The van der Waals surface area contributed by atoms with Gasteiger partial charge < -0.3 is 10.2 Å². The standard InChI is InChI=1S/C18H25FN2O2.ClH/c1-20-11-8-14-9-12-21(13-10-14)18(23)7-6-17(22)15-2-4-16(19)5-3-15;/h2-5,14,20H,6-13H2,1H3;1H. The molecule has 0 atom stereocenters. The zero-order chi connectivity index (χ0) is 16.7. The van der Waals surface area contributed by atoms with E-state index in [1.54, 1.807) is 0 Å². The number of amides is 1. The second kappa shape index (κ2) is 10.4. The molecule has 0 bridgehead atoms. The molecule has 1 aromatic rings. The van der Waals surface area contributed by atoms with Crippen LogP contribution in [-0.2, 0) is 4.79 Å². The van der Waals surface area contributed by atoms with Crippen LogP contribution in [0.2, 0.25) is 0 Å². The highest BCUT2D eigenvalue weighted by Crippen LogP contribution is 2.21. The number of likely N-dealkylation sites (tertiary alicyclic amines) is 1. The van der Waals surface area contributed by atoms with E-state index in [1.165, 1.54) is 24.3 Å². The molecule has 1 fully saturated rings. The fraction of sp³-hybridized carbons (Fsp3) is 0.556. The van der Waals surface area contributed by atoms with Crippen LogP contribution in [0.4, 0.5) is 4.39 Å². The van der Waals surface area contributed by atoms with Gasteiger partial charge >= 0.3 is 0 Å². The summed E-state index contributed by atoms with van der Waals surface area (Å²) >= 11 is 0. The smallest absolute Gasteiger partial charge is 0.223 e. The number of nitrogens with zero attached hydrogens (tertiary/aromatic N) is 1. The lowest BCUT2D eigenvalue weighted by atomic mass is 9.93. The lowest BCUT2D eigenvalue weighted by molar-refractivity contribution is -0.132. The lowest BCUT2D eigenvalue weighted by Gasteiger charge is -2.32. The molecule has 24 heavy (non-hydrogen) atoms. The fourth-order valence-electron chi connectivity index (χ4n) is 2.98. The van der Waals surface area contributed by atoms with Crippen molar-refractivity contribution in [1.29, 1.82) is 0 Å². The third kappa shape index (κ3) is 6.21. The average Bonchev–Trinajstić information content (AvgIpc) is 2.58. The SMILES string of the molecule is CNCCC1CCN(C(=O)CCC(=O)c2ccc(F)cc2)CC1.Cl. The van der Waals surface area contributed by atoms with Gasteiger partial charge in [-0.2, -0.15) is 0 Å². The predicted octanol–water partition coefficient (Wildman–Crippen LogP) is 3.06. The maximum atomic E-state index is 12.8. The summed E-state index contributed by atoms with van der Waals surface area (Å²) in [6.07, 6.45) is 3.65. The van der Waals surface area contributed by atoms with Gasteiger partial charge in [-0.1, -0.05) is 0 Å². The Bertz CT molecular complexity index is 528. The van der Waals surface area contributed by atoms with Crippen LogP contribution in [0.3, 0.4) is 0 Å². The zero-order valence-corrected chi connectivity index (χ0v) is 14.9. The quantitative estimate of drug-likeness (QED) is 0.764. The summed E-state index contributed by atoms with van der Waals surface area (Å²) in [7, 11) is 1.96. The third-order valence-electron chi connectivity index (χ3n) is 4.50. The number of hydrogen-bond donors (Lipinski definition) is 1. The van der Waals surface area contributed by atoms with Gasteiger partial charge in [0, 0.05) is 31.5 Å². The van der Waals surface area contributed by atoms with E-state index in [0.717, 1.165) is 38.9 Å². The number of rotatable bonds is 7. The molecule has 1 amide bonds. The van der Waals surface area contributed by atoms with Crippen molar-refractivity contribution in [2.45, 2.75) is 32.1 Å². The molecule has 1 aromatic carbocycles. The van der Waals surface area contributed by atoms with Gasteiger partial charge in [0.2, 0.25) is 5.91 Å². The molecule has 2 rings (SSSR count). The molecule has 134 valence electrons. The van der Waals surface area contributed by atoms with Crippen LogP contribution in [0.5, 0.6) is 0 Å². The Hall–Kier alpha value is -1.46. The molecule has 6 heteroatoms. The highest BCUT2D eigenvalue weighted by molar-refractivity contribution is 5.97. The molecule has 1 aliphatic heterocycles. The molecule has 0 saturated carbocycles. The minimum atomic E-state index is -0.362. The van der Waals surface area contributed by atoms with E-state index >= 15 is 0 Å². The van der Waals surface area contributed by atoms with E-state index in [-0.39, 0.29) is 42.8 Å². The van der Waals surface area contributed by atoms with Crippen molar-refractivity contribution in [3.05, 3.63) is 35.6 Å². The van der Waals surface area contributed by atoms with Gasteiger partial charge in [-0.3, -0.25) is 9.59 Å². The van der Waals surface area contributed by atoms with Crippen LogP contribution in [0.25, 0.3) is 0 Å². The van der Waals surface area contributed by atoms with Crippen LogP contribution in [0.15, 0.2) is 24.3 Å². The third-order valence-corrected chi connectivity index (χ3v) is 4.50. The van der Waals surface area contributed by atoms with E-state index < -0.39 is 0 Å². The molecule has 1 N–H and O–H groups in total. The molecule has 1 saturated heterocycles. The van der Waals surface area contributed by atoms with Gasteiger partial charge in [0.1, 0.15) is 5.82 Å². The molecule has 1 heterocycles. The second-order valence-electron chi connectivity index (χ2n) is 6.15. The first kappa shape index (κ1) is 20.6. The van der Waals surface area contributed by atoms with Gasteiger partial charge in [-0.05, 0) is 63.0 Å². The normalized spacial score (nSPS) is 15.0. The summed E-state index contributed by atoms with van der Waals surface area (Å²) < 4.78 is 12.8. The molecule has 4 nitrogen and oxygen atoms in total. The molecule has 0 radical (unpaired) electrons. The number of piperidine rings is 1. The molecular formula is C18H26ClFN2O2. The molecule has 0 unspecified atom stereocenters. The summed E-state index contributed by atoms with van der Waals surface area (Å²) in [5.41, 5.74) is 0.463. The van der Waals surface area contributed by atoms with Gasteiger partial charge in [0.05, 0.1) is 0 Å². The van der Waals surface area contributed by atoms with Gasteiger partial charge in [0.15, 0.2) is 5.78 Å². The van der Waals surface area contributed by atoms with Crippen molar-refractivity contribution >= 4 is 24.1 Å². The van der Waals surface area contributed by atoms with Gasteiger partial charge in [-0.25, -0.2) is 4.39 Å². The maximum absolute atomic E-state index is 12.8. The van der Waals surface area contributed by atoms with Crippen LogP contribution in [0, 0.1) is 11.7 Å². The van der Waals surface area contributed by atoms with Gasteiger partial charge in [-0.15, -0.1) is 12.4 Å². The Balaban J connectivity index is 0.00000288. The predicted molar refractivity (Wildman–Crippen MR) is 95.1 cm³/mol. The first-order valence-electron chi connectivity index (χ1n) is 8.31. The number of nitrogens with one attached hydrogen (secondary N) is 1. The van der Waals surface area contributed by atoms with E-state index in [4.69, 9.17) is 0 Å². The van der Waals surface area contributed by atoms with E-state index in [2.05, 4.69) is 5.32 Å². The topological polar surface area (TPSA) is 49.4 Å². The molecule has 1 aliphatic rings. The first-order valence-corrected chi connectivity index (χ1v) is 8.31. The Morgan fingerprint density at radius 2 is 1.79 bits per heavy atom. The van der Waals surface area contributed by atoms with Crippen molar-refractivity contribution in [2.75, 3.05) is 26.7 Å². The van der Waals surface area contributed by atoms with Crippen molar-refractivity contribution in [1.82, 2.24) is 10.2 Å². The molecule has 0 aromatic heterocycles. The minimum absolute atomic E-state index is 0. The van der Waals surface area contributed by atoms with E-state index in [0.29, 0.717) is 11.5 Å². The zero-order valence-electron chi connectivity index (χ0n) is 14.1.